The number of carboxylic acid groups (broad SMARTS) is 1. The molecule has 2 aromatic carbocycles. The standard InChI is InChI=1S/C25H46N.C7H6O3/c1-4-7-8-9-10-11-12-13-14-15-16-20-23-26(5-2,6-3)24-25-21-18-17-19-22-25;8-6-4-2-1-3-5(6)7(9)10/h17-19,21-22H,4-16,20,23-24H2,1-3H3;1-4,8H,(H,9,10)/q+1;/p-1. The average molecular weight is 498 g/mol. The lowest BCUT2D eigenvalue weighted by atomic mass is 10.0. The highest BCUT2D eigenvalue weighted by atomic mass is 16.4. The van der Waals surface area contributed by atoms with Gasteiger partial charge in [-0.15, -0.1) is 0 Å². The average Bonchev–Trinajstić information content (AvgIpc) is 2.89. The van der Waals surface area contributed by atoms with Crippen LogP contribution < -0.4 is 5.11 Å². The SMILES string of the molecule is CCCCCCCCCCCCCC[N+](CC)(CC)Cc1ccccc1.O=C(O)c1ccccc1[O-]. The van der Waals surface area contributed by atoms with Gasteiger partial charge in [-0.2, -0.15) is 0 Å². The van der Waals surface area contributed by atoms with Crippen LogP contribution in [-0.2, 0) is 6.54 Å². The van der Waals surface area contributed by atoms with Crippen LogP contribution in [0.2, 0.25) is 0 Å². The summed E-state index contributed by atoms with van der Waals surface area (Å²) in [6.45, 7) is 12.1. The molecule has 0 fully saturated rings. The monoisotopic (exact) mass is 497 g/mol. The van der Waals surface area contributed by atoms with Crippen molar-refractivity contribution >= 4 is 5.97 Å². The first-order valence-electron chi connectivity index (χ1n) is 14.4. The zero-order valence-corrected chi connectivity index (χ0v) is 23.2. The Bertz CT molecular complexity index is 802. The van der Waals surface area contributed by atoms with Crippen molar-refractivity contribution in [3.63, 3.8) is 0 Å². The maximum atomic E-state index is 10.7. The second-order valence-electron chi connectivity index (χ2n) is 10.0. The molecule has 2 rings (SSSR count). The number of carbonyl (C=O) groups is 1. The lowest BCUT2D eigenvalue weighted by molar-refractivity contribution is -0.938. The summed E-state index contributed by atoms with van der Waals surface area (Å²) >= 11 is 0. The summed E-state index contributed by atoms with van der Waals surface area (Å²) in [6.07, 6.45) is 17.3. The van der Waals surface area contributed by atoms with Gasteiger partial charge in [-0.25, -0.2) is 4.79 Å². The van der Waals surface area contributed by atoms with E-state index in [4.69, 9.17) is 5.11 Å². The molecule has 0 aliphatic rings. The second kappa shape index (κ2) is 19.8. The maximum Gasteiger partial charge on any atom is 0.335 e. The number of benzene rings is 2. The first-order chi connectivity index (χ1) is 17.5. The van der Waals surface area contributed by atoms with Gasteiger partial charge in [-0.3, -0.25) is 0 Å². The molecule has 202 valence electrons. The Labute approximate surface area is 221 Å². The normalized spacial score (nSPS) is 11.1. The van der Waals surface area contributed by atoms with Gasteiger partial charge in [-0.1, -0.05) is 125 Å². The minimum absolute atomic E-state index is 0.178. The van der Waals surface area contributed by atoms with Crippen molar-refractivity contribution in [1.29, 1.82) is 0 Å². The molecule has 1 N–H and O–H groups in total. The molecule has 2 aromatic rings. The van der Waals surface area contributed by atoms with Crippen LogP contribution in [0, 0.1) is 0 Å². The summed E-state index contributed by atoms with van der Waals surface area (Å²) in [5.74, 6) is -1.62. The van der Waals surface area contributed by atoms with E-state index in [0.29, 0.717) is 0 Å². The van der Waals surface area contributed by atoms with Gasteiger partial charge in [0.1, 0.15) is 6.54 Å². The van der Waals surface area contributed by atoms with Crippen molar-refractivity contribution in [3.8, 4) is 5.75 Å². The Kier molecular flexibility index (Phi) is 17.4. The van der Waals surface area contributed by atoms with Gasteiger partial charge >= 0.3 is 5.97 Å². The molecule has 0 amide bonds. The van der Waals surface area contributed by atoms with E-state index >= 15 is 0 Å². The Balaban J connectivity index is 0.000000537. The zero-order chi connectivity index (χ0) is 26.5. The predicted molar refractivity (Wildman–Crippen MR) is 150 cm³/mol. The van der Waals surface area contributed by atoms with Crippen molar-refractivity contribution < 1.29 is 19.5 Å². The zero-order valence-electron chi connectivity index (χ0n) is 23.2. The van der Waals surface area contributed by atoms with Gasteiger partial charge in [0.15, 0.2) is 0 Å². The van der Waals surface area contributed by atoms with Crippen LogP contribution in [0.1, 0.15) is 114 Å². The fourth-order valence-corrected chi connectivity index (χ4v) is 4.74. The summed E-state index contributed by atoms with van der Waals surface area (Å²) in [5, 5.41) is 19.0. The van der Waals surface area contributed by atoms with E-state index in [-0.39, 0.29) is 5.56 Å². The third-order valence-corrected chi connectivity index (χ3v) is 7.31. The molecule has 0 atom stereocenters. The van der Waals surface area contributed by atoms with E-state index in [1.165, 1.54) is 138 Å². The van der Waals surface area contributed by atoms with Gasteiger partial charge in [-0.05, 0) is 32.8 Å². The second-order valence-corrected chi connectivity index (χ2v) is 10.0. The van der Waals surface area contributed by atoms with Gasteiger partial charge in [0.2, 0.25) is 0 Å². The molecule has 0 saturated carbocycles. The smallest absolute Gasteiger partial charge is 0.335 e. The summed E-state index contributed by atoms with van der Waals surface area (Å²) in [5.41, 5.74) is 1.32. The summed E-state index contributed by atoms with van der Waals surface area (Å²) < 4.78 is 1.25. The number of rotatable bonds is 18. The molecular weight excluding hydrogens is 446 g/mol. The maximum absolute atomic E-state index is 10.7. The van der Waals surface area contributed by atoms with Crippen molar-refractivity contribution in [2.24, 2.45) is 0 Å². The minimum atomic E-state index is -1.18. The number of hydrogen-bond acceptors (Lipinski definition) is 2. The molecule has 0 aliphatic heterocycles. The molecule has 0 unspecified atom stereocenters. The molecule has 0 aliphatic carbocycles. The van der Waals surface area contributed by atoms with Crippen LogP contribution in [0.3, 0.4) is 0 Å². The molecule has 0 saturated heterocycles. The first kappa shape index (κ1) is 31.7. The molecule has 0 radical (unpaired) electrons. The van der Waals surface area contributed by atoms with Gasteiger partial charge in [0.25, 0.3) is 0 Å². The third kappa shape index (κ3) is 13.7. The quantitative estimate of drug-likeness (QED) is 0.167. The van der Waals surface area contributed by atoms with E-state index in [9.17, 15) is 9.90 Å². The molecule has 0 aromatic heterocycles. The van der Waals surface area contributed by atoms with Crippen LogP contribution >= 0.6 is 0 Å². The molecule has 36 heavy (non-hydrogen) atoms. The molecule has 0 spiro atoms. The Morgan fingerprint density at radius 3 is 1.61 bits per heavy atom. The Morgan fingerprint density at radius 2 is 1.17 bits per heavy atom. The van der Waals surface area contributed by atoms with Crippen molar-refractivity contribution in [2.45, 2.75) is 104 Å². The van der Waals surface area contributed by atoms with Crippen LogP contribution in [-0.4, -0.2) is 35.2 Å². The Hall–Kier alpha value is -2.33. The highest BCUT2D eigenvalue weighted by Gasteiger charge is 2.22. The van der Waals surface area contributed by atoms with Crippen molar-refractivity contribution in [2.75, 3.05) is 19.6 Å². The fraction of sp³-hybridized carbons (Fsp3) is 0.594. The van der Waals surface area contributed by atoms with E-state index in [1.807, 2.05) is 0 Å². The van der Waals surface area contributed by atoms with E-state index in [0.717, 1.165) is 0 Å². The summed E-state index contributed by atoms with van der Waals surface area (Å²) in [6, 6.07) is 16.6. The van der Waals surface area contributed by atoms with Crippen LogP contribution in [0.5, 0.6) is 5.75 Å². The van der Waals surface area contributed by atoms with E-state index < -0.39 is 11.7 Å². The number of nitrogens with zero attached hydrogens (tertiary/aromatic N) is 1. The van der Waals surface area contributed by atoms with Gasteiger partial charge in [0.05, 0.1) is 25.2 Å². The number of aromatic carboxylic acids is 1. The van der Waals surface area contributed by atoms with Crippen molar-refractivity contribution in [1.82, 2.24) is 0 Å². The van der Waals surface area contributed by atoms with Crippen LogP contribution in [0.15, 0.2) is 54.6 Å². The molecule has 4 nitrogen and oxygen atoms in total. The lowest BCUT2D eigenvalue weighted by Crippen LogP contribution is -2.47. The van der Waals surface area contributed by atoms with Crippen LogP contribution in [0.4, 0.5) is 0 Å². The number of carboxylic acids is 1. The third-order valence-electron chi connectivity index (χ3n) is 7.31. The van der Waals surface area contributed by atoms with Gasteiger partial charge in [0, 0.05) is 5.56 Å². The number of quaternary nitrogens is 1. The fourth-order valence-electron chi connectivity index (χ4n) is 4.74. The van der Waals surface area contributed by atoms with E-state index in [1.54, 1.807) is 0 Å². The summed E-state index contributed by atoms with van der Waals surface area (Å²) in [4.78, 5) is 10.2. The number of para-hydroxylation sites is 1. The molecule has 4 heteroatoms. The Morgan fingerprint density at radius 1 is 0.694 bits per heavy atom. The predicted octanol–water partition coefficient (Wildman–Crippen LogP) is 8.20. The number of hydrogen-bond donors (Lipinski definition) is 1. The molecule has 0 heterocycles. The highest BCUT2D eigenvalue weighted by Crippen LogP contribution is 2.18. The van der Waals surface area contributed by atoms with E-state index in [2.05, 4.69) is 51.1 Å². The van der Waals surface area contributed by atoms with Crippen molar-refractivity contribution in [3.05, 3.63) is 65.7 Å². The lowest BCUT2D eigenvalue weighted by Gasteiger charge is -2.37. The topological polar surface area (TPSA) is 60.4 Å². The highest BCUT2D eigenvalue weighted by molar-refractivity contribution is 5.90. The van der Waals surface area contributed by atoms with Gasteiger partial charge < -0.3 is 14.7 Å². The summed E-state index contributed by atoms with van der Waals surface area (Å²) in [7, 11) is 0. The molecular formula is C32H51NO3. The number of unbranched alkanes of at least 4 members (excludes halogenated alkanes) is 11. The minimum Gasteiger partial charge on any atom is -0.872 e. The first-order valence-corrected chi connectivity index (χ1v) is 14.4. The van der Waals surface area contributed by atoms with Crippen LogP contribution in [0.25, 0.3) is 0 Å². The molecule has 0 bridgehead atoms. The largest absolute Gasteiger partial charge is 0.872 e.